The van der Waals surface area contributed by atoms with Crippen LogP contribution in [0.1, 0.15) is 28.0 Å². The quantitative estimate of drug-likeness (QED) is 0.491. The molecule has 1 aromatic carbocycles. The van der Waals surface area contributed by atoms with E-state index < -0.39 is 17.6 Å². The largest absolute Gasteiger partial charge is 0.417 e. The average molecular weight is 452 g/mol. The van der Waals surface area contributed by atoms with E-state index in [2.05, 4.69) is 25.3 Å². The number of carbonyl (C=O) groups excluding carboxylic acids is 1. The van der Waals surface area contributed by atoms with Crippen LogP contribution in [0.4, 0.5) is 24.8 Å². The average Bonchev–Trinajstić information content (AvgIpc) is 3.13. The molecule has 1 aliphatic rings. The normalized spacial score (nSPS) is 13.8. The van der Waals surface area contributed by atoms with E-state index in [-0.39, 0.29) is 22.8 Å². The first-order chi connectivity index (χ1) is 15.8. The summed E-state index contributed by atoms with van der Waals surface area (Å²) in [6.07, 6.45) is -2.03. The molecule has 10 heteroatoms. The third kappa shape index (κ3) is 3.88. The highest BCUT2D eigenvalue weighted by Gasteiger charge is 2.34. The standard InChI is InChI=1S/C23H19F3N6O/c1-14-12-19-27-13-20(29-22(33)17-8-4-9-18(28-17)31-10-5-11-31)32(19)30-21(14)15-6-2-3-7-16(15)23(24,25)26/h2-4,6-9,12-13H,5,10-11H2,1H3,(H,29,33). The minimum Gasteiger partial charge on any atom is -0.356 e. The van der Waals surface area contributed by atoms with Gasteiger partial charge < -0.3 is 10.2 Å². The number of carbonyl (C=O) groups is 1. The molecule has 0 saturated carbocycles. The van der Waals surface area contributed by atoms with Gasteiger partial charge in [-0.15, -0.1) is 0 Å². The van der Waals surface area contributed by atoms with E-state index >= 15 is 0 Å². The number of imidazole rings is 1. The van der Waals surface area contributed by atoms with Gasteiger partial charge in [0, 0.05) is 18.7 Å². The number of fused-ring (bicyclic) bond motifs is 1. The molecule has 0 aliphatic carbocycles. The van der Waals surface area contributed by atoms with Crippen molar-refractivity contribution >= 4 is 23.2 Å². The van der Waals surface area contributed by atoms with E-state index in [0.717, 1.165) is 31.4 Å². The molecule has 1 amide bonds. The Balaban J connectivity index is 1.51. The number of benzene rings is 1. The molecule has 0 bridgehead atoms. The number of rotatable bonds is 4. The summed E-state index contributed by atoms with van der Waals surface area (Å²) in [7, 11) is 0. The van der Waals surface area contributed by atoms with Gasteiger partial charge in [0.05, 0.1) is 17.5 Å². The first-order valence-electron chi connectivity index (χ1n) is 10.4. The summed E-state index contributed by atoms with van der Waals surface area (Å²) >= 11 is 0. The number of anilines is 2. The van der Waals surface area contributed by atoms with Crippen LogP contribution in [0.15, 0.2) is 54.7 Å². The Labute approximate surface area is 186 Å². The summed E-state index contributed by atoms with van der Waals surface area (Å²) in [5.41, 5.74) is 0.493. The smallest absolute Gasteiger partial charge is 0.356 e. The third-order valence-electron chi connectivity index (χ3n) is 5.56. The molecule has 1 N–H and O–H groups in total. The van der Waals surface area contributed by atoms with Crippen LogP contribution in [-0.2, 0) is 6.18 Å². The summed E-state index contributed by atoms with van der Waals surface area (Å²) < 4.78 is 42.0. The molecule has 7 nitrogen and oxygen atoms in total. The van der Waals surface area contributed by atoms with Crippen LogP contribution in [0.2, 0.25) is 0 Å². The summed E-state index contributed by atoms with van der Waals surface area (Å²) in [6, 6.07) is 12.1. The lowest BCUT2D eigenvalue weighted by Gasteiger charge is -2.32. The molecule has 4 aromatic rings. The molecule has 33 heavy (non-hydrogen) atoms. The second-order valence-electron chi connectivity index (χ2n) is 7.81. The van der Waals surface area contributed by atoms with Gasteiger partial charge in [0.2, 0.25) is 0 Å². The van der Waals surface area contributed by atoms with Crippen LogP contribution in [-0.4, -0.2) is 38.6 Å². The highest BCUT2D eigenvalue weighted by Crippen LogP contribution is 2.37. The maximum Gasteiger partial charge on any atom is 0.417 e. The zero-order valence-corrected chi connectivity index (χ0v) is 17.6. The molecule has 3 aromatic heterocycles. The minimum atomic E-state index is -4.53. The lowest BCUT2D eigenvalue weighted by atomic mass is 10.0. The molecule has 1 saturated heterocycles. The van der Waals surface area contributed by atoms with Crippen LogP contribution >= 0.6 is 0 Å². The second kappa shape index (κ2) is 7.88. The Hall–Kier alpha value is -3.95. The number of alkyl halides is 3. The Morgan fingerprint density at radius 3 is 2.61 bits per heavy atom. The van der Waals surface area contributed by atoms with E-state index in [1.807, 2.05) is 6.07 Å². The molecular formula is C23H19F3N6O. The minimum absolute atomic E-state index is 0.0423. The van der Waals surface area contributed by atoms with Crippen molar-refractivity contribution in [2.45, 2.75) is 19.5 Å². The number of nitrogens with zero attached hydrogens (tertiary/aromatic N) is 5. The van der Waals surface area contributed by atoms with E-state index in [0.29, 0.717) is 11.2 Å². The summed E-state index contributed by atoms with van der Waals surface area (Å²) in [6.45, 7) is 3.47. The molecule has 1 aliphatic heterocycles. The van der Waals surface area contributed by atoms with Crippen LogP contribution in [0, 0.1) is 6.92 Å². The molecule has 0 unspecified atom stereocenters. The molecule has 0 spiro atoms. The Bertz CT molecular complexity index is 1360. The van der Waals surface area contributed by atoms with Gasteiger partial charge in [-0.25, -0.2) is 9.97 Å². The lowest BCUT2D eigenvalue weighted by molar-refractivity contribution is -0.137. The first-order valence-corrected chi connectivity index (χ1v) is 10.4. The number of aryl methyl sites for hydroxylation is 1. The zero-order chi connectivity index (χ0) is 23.2. The van der Waals surface area contributed by atoms with Gasteiger partial charge in [0.15, 0.2) is 11.5 Å². The Morgan fingerprint density at radius 1 is 1.09 bits per heavy atom. The predicted octanol–water partition coefficient (Wildman–Crippen LogP) is 4.58. The van der Waals surface area contributed by atoms with Gasteiger partial charge in [-0.1, -0.05) is 24.3 Å². The monoisotopic (exact) mass is 452 g/mol. The molecule has 0 atom stereocenters. The lowest BCUT2D eigenvalue weighted by Crippen LogP contribution is -2.37. The summed E-state index contributed by atoms with van der Waals surface area (Å²) in [5.74, 6) is 0.502. The SMILES string of the molecule is Cc1cc2ncc(NC(=O)c3cccc(N4CCC4)n3)n2nc1-c1ccccc1C(F)(F)F. The molecule has 5 rings (SSSR count). The topological polar surface area (TPSA) is 75.4 Å². The van der Waals surface area contributed by atoms with Crippen molar-refractivity contribution in [2.75, 3.05) is 23.3 Å². The van der Waals surface area contributed by atoms with Gasteiger partial charge in [-0.2, -0.15) is 22.8 Å². The van der Waals surface area contributed by atoms with Crippen molar-refractivity contribution in [3.8, 4) is 11.3 Å². The van der Waals surface area contributed by atoms with E-state index in [1.165, 1.54) is 28.9 Å². The first kappa shape index (κ1) is 20.9. The second-order valence-corrected chi connectivity index (χ2v) is 7.81. The van der Waals surface area contributed by atoms with Crippen LogP contribution < -0.4 is 10.2 Å². The number of pyridine rings is 1. The third-order valence-corrected chi connectivity index (χ3v) is 5.56. The van der Waals surface area contributed by atoms with Gasteiger partial charge >= 0.3 is 6.18 Å². The van der Waals surface area contributed by atoms with Gasteiger partial charge in [0.25, 0.3) is 5.91 Å². The van der Waals surface area contributed by atoms with Gasteiger partial charge in [0.1, 0.15) is 11.5 Å². The number of amides is 1. The number of aromatic nitrogens is 4. The van der Waals surface area contributed by atoms with Crippen LogP contribution in [0.3, 0.4) is 0 Å². The van der Waals surface area contributed by atoms with Crippen molar-refractivity contribution in [3.63, 3.8) is 0 Å². The number of hydrogen-bond acceptors (Lipinski definition) is 5. The number of hydrogen-bond donors (Lipinski definition) is 1. The van der Waals surface area contributed by atoms with Gasteiger partial charge in [-0.05, 0) is 43.2 Å². The zero-order valence-electron chi connectivity index (χ0n) is 17.6. The highest BCUT2D eigenvalue weighted by atomic mass is 19.4. The van der Waals surface area contributed by atoms with E-state index in [1.54, 1.807) is 25.1 Å². The molecule has 4 heterocycles. The van der Waals surface area contributed by atoms with Crippen molar-refractivity contribution in [1.82, 2.24) is 19.6 Å². The molecular weight excluding hydrogens is 433 g/mol. The Morgan fingerprint density at radius 2 is 1.88 bits per heavy atom. The molecule has 1 fully saturated rings. The van der Waals surface area contributed by atoms with Gasteiger partial charge in [-0.3, -0.25) is 4.79 Å². The predicted molar refractivity (Wildman–Crippen MR) is 117 cm³/mol. The maximum absolute atomic E-state index is 13.6. The van der Waals surface area contributed by atoms with Crippen molar-refractivity contribution in [3.05, 3.63) is 71.5 Å². The summed E-state index contributed by atoms with van der Waals surface area (Å²) in [4.78, 5) is 23.6. The molecule has 168 valence electrons. The maximum atomic E-state index is 13.6. The van der Waals surface area contributed by atoms with Crippen LogP contribution in [0.25, 0.3) is 16.9 Å². The van der Waals surface area contributed by atoms with Crippen molar-refractivity contribution in [1.29, 1.82) is 0 Å². The number of nitrogens with one attached hydrogen (secondary N) is 1. The Kier molecular flexibility index (Phi) is 4.99. The number of halogens is 3. The molecule has 0 radical (unpaired) electrons. The fraction of sp³-hybridized carbons (Fsp3) is 0.217. The van der Waals surface area contributed by atoms with Crippen molar-refractivity contribution in [2.24, 2.45) is 0 Å². The summed E-state index contributed by atoms with van der Waals surface area (Å²) in [5, 5.41) is 7.13. The van der Waals surface area contributed by atoms with E-state index in [9.17, 15) is 18.0 Å². The van der Waals surface area contributed by atoms with E-state index in [4.69, 9.17) is 0 Å². The van der Waals surface area contributed by atoms with Crippen LogP contribution in [0.5, 0.6) is 0 Å². The fourth-order valence-corrected chi connectivity index (χ4v) is 3.74. The highest BCUT2D eigenvalue weighted by molar-refractivity contribution is 6.02. The van der Waals surface area contributed by atoms with Crippen molar-refractivity contribution < 1.29 is 18.0 Å². The fourth-order valence-electron chi connectivity index (χ4n) is 3.74.